The van der Waals surface area contributed by atoms with Gasteiger partial charge in [-0.25, -0.2) is 4.39 Å². The van der Waals surface area contributed by atoms with Crippen LogP contribution in [-0.2, 0) is 4.79 Å². The SMILES string of the molecule is C[C@H](Oc1ccccc1)C(=O)Nc1ccccc1C(=O)Nc1ccc(F)cc1. The second kappa shape index (κ2) is 8.81. The lowest BCUT2D eigenvalue weighted by Crippen LogP contribution is -2.31. The van der Waals surface area contributed by atoms with Gasteiger partial charge in [0, 0.05) is 5.69 Å². The Labute approximate surface area is 162 Å². The molecular weight excluding hydrogens is 359 g/mol. The maximum atomic E-state index is 13.0. The van der Waals surface area contributed by atoms with Crippen molar-refractivity contribution in [1.29, 1.82) is 0 Å². The average molecular weight is 378 g/mol. The lowest BCUT2D eigenvalue weighted by molar-refractivity contribution is -0.122. The first kappa shape index (κ1) is 19.1. The van der Waals surface area contributed by atoms with Crippen LogP contribution >= 0.6 is 0 Å². The molecule has 0 heterocycles. The third kappa shape index (κ3) is 4.94. The average Bonchev–Trinajstić information content (AvgIpc) is 2.71. The molecule has 0 bridgehead atoms. The van der Waals surface area contributed by atoms with Crippen LogP contribution in [0.1, 0.15) is 17.3 Å². The molecule has 142 valence electrons. The van der Waals surface area contributed by atoms with Crippen molar-refractivity contribution in [2.75, 3.05) is 10.6 Å². The van der Waals surface area contributed by atoms with Crippen molar-refractivity contribution in [2.45, 2.75) is 13.0 Å². The van der Waals surface area contributed by atoms with Crippen molar-refractivity contribution in [3.05, 3.63) is 90.2 Å². The number of para-hydroxylation sites is 2. The van der Waals surface area contributed by atoms with Crippen LogP contribution in [0.15, 0.2) is 78.9 Å². The highest BCUT2D eigenvalue weighted by molar-refractivity contribution is 6.10. The number of benzene rings is 3. The smallest absolute Gasteiger partial charge is 0.265 e. The van der Waals surface area contributed by atoms with Crippen LogP contribution in [0.3, 0.4) is 0 Å². The fourth-order valence-corrected chi connectivity index (χ4v) is 2.51. The van der Waals surface area contributed by atoms with Gasteiger partial charge in [0.25, 0.3) is 11.8 Å². The van der Waals surface area contributed by atoms with Gasteiger partial charge < -0.3 is 15.4 Å². The summed E-state index contributed by atoms with van der Waals surface area (Å²) in [5.41, 5.74) is 1.09. The van der Waals surface area contributed by atoms with Crippen molar-refractivity contribution in [2.24, 2.45) is 0 Å². The van der Waals surface area contributed by atoms with Gasteiger partial charge in [0.2, 0.25) is 0 Å². The normalized spacial score (nSPS) is 11.4. The quantitative estimate of drug-likeness (QED) is 0.664. The number of hydrogen-bond donors (Lipinski definition) is 2. The fraction of sp³-hybridized carbons (Fsp3) is 0.0909. The first-order chi connectivity index (χ1) is 13.5. The molecule has 0 aliphatic carbocycles. The Morgan fingerprint density at radius 2 is 1.50 bits per heavy atom. The monoisotopic (exact) mass is 378 g/mol. The van der Waals surface area contributed by atoms with Gasteiger partial charge in [0.15, 0.2) is 6.10 Å². The number of halogens is 1. The minimum atomic E-state index is -0.754. The Morgan fingerprint density at radius 1 is 0.857 bits per heavy atom. The van der Waals surface area contributed by atoms with Gasteiger partial charge in [-0.1, -0.05) is 30.3 Å². The summed E-state index contributed by atoms with van der Waals surface area (Å²) in [4.78, 5) is 25.1. The van der Waals surface area contributed by atoms with Crippen LogP contribution in [0.5, 0.6) is 5.75 Å². The predicted molar refractivity (Wildman–Crippen MR) is 106 cm³/mol. The lowest BCUT2D eigenvalue weighted by atomic mass is 10.1. The van der Waals surface area contributed by atoms with Gasteiger partial charge in [0.1, 0.15) is 11.6 Å². The third-order valence-electron chi connectivity index (χ3n) is 3.96. The fourth-order valence-electron chi connectivity index (χ4n) is 2.51. The molecule has 0 spiro atoms. The van der Waals surface area contributed by atoms with Crippen LogP contribution in [0.25, 0.3) is 0 Å². The molecule has 0 unspecified atom stereocenters. The molecule has 2 N–H and O–H groups in total. The van der Waals surface area contributed by atoms with Gasteiger partial charge in [-0.05, 0) is 55.5 Å². The number of hydrogen-bond acceptors (Lipinski definition) is 3. The van der Waals surface area contributed by atoms with Crippen LogP contribution in [-0.4, -0.2) is 17.9 Å². The van der Waals surface area contributed by atoms with E-state index < -0.39 is 17.8 Å². The van der Waals surface area contributed by atoms with Gasteiger partial charge in [-0.15, -0.1) is 0 Å². The number of anilines is 2. The molecule has 0 aromatic heterocycles. The summed E-state index contributed by atoms with van der Waals surface area (Å²) in [7, 11) is 0. The standard InChI is InChI=1S/C22H19FN2O3/c1-15(28-18-7-3-2-4-8-18)21(26)25-20-10-6-5-9-19(20)22(27)24-17-13-11-16(23)12-14-17/h2-15H,1H3,(H,24,27)(H,25,26)/t15-/m0/s1. The Bertz CT molecular complexity index is 959. The Morgan fingerprint density at radius 3 is 2.21 bits per heavy atom. The first-order valence-electron chi connectivity index (χ1n) is 8.71. The first-order valence-corrected chi connectivity index (χ1v) is 8.71. The molecule has 0 radical (unpaired) electrons. The van der Waals surface area contributed by atoms with E-state index in [2.05, 4.69) is 10.6 Å². The predicted octanol–water partition coefficient (Wildman–Crippen LogP) is 4.48. The minimum Gasteiger partial charge on any atom is -0.481 e. The number of rotatable bonds is 6. The van der Waals surface area contributed by atoms with Crippen LogP contribution in [0, 0.1) is 5.82 Å². The van der Waals surface area contributed by atoms with E-state index in [9.17, 15) is 14.0 Å². The van der Waals surface area contributed by atoms with Crippen molar-refractivity contribution in [1.82, 2.24) is 0 Å². The summed E-state index contributed by atoms with van der Waals surface area (Å²) in [6, 6.07) is 21.1. The van der Waals surface area contributed by atoms with Gasteiger partial charge >= 0.3 is 0 Å². The summed E-state index contributed by atoms with van der Waals surface area (Å²) in [6.07, 6.45) is -0.754. The van der Waals surface area contributed by atoms with Crippen molar-refractivity contribution in [3.8, 4) is 5.75 Å². The summed E-state index contributed by atoms with van der Waals surface area (Å²) < 4.78 is 18.6. The molecule has 3 rings (SSSR count). The largest absolute Gasteiger partial charge is 0.481 e. The molecule has 3 aromatic rings. The molecule has 0 aliphatic rings. The van der Waals surface area contributed by atoms with Crippen LogP contribution in [0.4, 0.5) is 15.8 Å². The highest BCUT2D eigenvalue weighted by Gasteiger charge is 2.18. The zero-order valence-electron chi connectivity index (χ0n) is 15.2. The van der Waals surface area contributed by atoms with Crippen molar-refractivity contribution < 1.29 is 18.7 Å². The number of amides is 2. The van der Waals surface area contributed by atoms with E-state index in [0.29, 0.717) is 17.1 Å². The van der Waals surface area contributed by atoms with Crippen LogP contribution < -0.4 is 15.4 Å². The molecule has 0 saturated carbocycles. The maximum Gasteiger partial charge on any atom is 0.265 e. The van der Waals surface area contributed by atoms with Crippen molar-refractivity contribution in [3.63, 3.8) is 0 Å². The second-order valence-corrected chi connectivity index (χ2v) is 6.07. The molecular formula is C22H19FN2O3. The zero-order chi connectivity index (χ0) is 19.9. The molecule has 5 nitrogen and oxygen atoms in total. The van der Waals surface area contributed by atoms with E-state index in [1.165, 1.54) is 24.3 Å². The van der Waals surface area contributed by atoms with E-state index in [1.807, 2.05) is 18.2 Å². The lowest BCUT2D eigenvalue weighted by Gasteiger charge is -2.16. The Kier molecular flexibility index (Phi) is 6.01. The summed E-state index contributed by atoms with van der Waals surface area (Å²) >= 11 is 0. The van der Waals surface area contributed by atoms with Crippen molar-refractivity contribution >= 4 is 23.2 Å². The molecule has 1 atom stereocenters. The summed E-state index contributed by atoms with van der Waals surface area (Å²) in [5, 5.41) is 5.40. The molecule has 2 amide bonds. The molecule has 0 aliphatic heterocycles. The van der Waals surface area contributed by atoms with E-state index in [0.717, 1.165) is 0 Å². The van der Waals surface area contributed by atoms with Gasteiger partial charge in [0.05, 0.1) is 11.3 Å². The van der Waals surface area contributed by atoms with E-state index in [-0.39, 0.29) is 11.5 Å². The Balaban J connectivity index is 1.69. The summed E-state index contributed by atoms with van der Waals surface area (Å²) in [6.45, 7) is 1.63. The third-order valence-corrected chi connectivity index (χ3v) is 3.96. The van der Waals surface area contributed by atoms with E-state index >= 15 is 0 Å². The minimum absolute atomic E-state index is 0.284. The molecule has 28 heavy (non-hydrogen) atoms. The molecule has 0 fully saturated rings. The number of nitrogens with one attached hydrogen (secondary N) is 2. The number of ether oxygens (including phenoxy) is 1. The van der Waals surface area contributed by atoms with Gasteiger partial charge in [-0.2, -0.15) is 0 Å². The molecule has 0 saturated heterocycles. The second-order valence-electron chi connectivity index (χ2n) is 6.07. The van der Waals surface area contributed by atoms with Gasteiger partial charge in [-0.3, -0.25) is 9.59 Å². The number of carbonyl (C=O) groups is 2. The highest BCUT2D eigenvalue weighted by Crippen LogP contribution is 2.19. The molecule has 3 aromatic carbocycles. The zero-order valence-corrected chi connectivity index (χ0v) is 15.2. The van der Waals surface area contributed by atoms with E-state index in [4.69, 9.17) is 4.74 Å². The summed E-state index contributed by atoms with van der Waals surface area (Å²) in [5.74, 6) is -0.615. The maximum absolute atomic E-state index is 13.0. The highest BCUT2D eigenvalue weighted by atomic mass is 19.1. The number of carbonyl (C=O) groups excluding carboxylic acids is 2. The Hall–Kier alpha value is -3.67. The molecule has 6 heteroatoms. The van der Waals surface area contributed by atoms with E-state index in [1.54, 1.807) is 43.3 Å². The topological polar surface area (TPSA) is 67.4 Å². The van der Waals surface area contributed by atoms with Crippen LogP contribution in [0.2, 0.25) is 0 Å².